The minimum absolute atomic E-state index is 0.0374. The van der Waals surface area contributed by atoms with E-state index < -0.39 is 0 Å². The molecule has 0 heterocycles. The maximum absolute atomic E-state index is 12.4. The minimum atomic E-state index is -0.145. The summed E-state index contributed by atoms with van der Waals surface area (Å²) in [5, 5.41) is 14.9. The highest BCUT2D eigenvalue weighted by atomic mass is 16.3. The van der Waals surface area contributed by atoms with Crippen molar-refractivity contribution in [3.8, 4) is 0 Å². The maximum atomic E-state index is 12.4. The fourth-order valence-electron chi connectivity index (χ4n) is 6.00. The van der Waals surface area contributed by atoms with Crippen LogP contribution in [0.1, 0.15) is 57.8 Å². The van der Waals surface area contributed by atoms with Crippen LogP contribution < -0.4 is 10.6 Å². The van der Waals surface area contributed by atoms with Crippen LogP contribution in [0.4, 0.5) is 0 Å². The first kappa shape index (κ1) is 16.4. The zero-order chi connectivity index (χ0) is 16.8. The predicted molar refractivity (Wildman–Crippen MR) is 90.0 cm³/mol. The lowest BCUT2D eigenvalue weighted by Gasteiger charge is -2.56. The maximum Gasteiger partial charge on any atom is 0.239 e. The molecule has 4 bridgehead atoms. The lowest BCUT2D eigenvalue weighted by molar-refractivity contribution is -0.132. The summed E-state index contributed by atoms with van der Waals surface area (Å²) in [5.41, 5.74) is 0.142. The fraction of sp³-hybridized carbons (Fsp3) is 0.895. The van der Waals surface area contributed by atoms with Crippen LogP contribution in [-0.2, 0) is 9.59 Å². The standard InChI is InChI=1S/C19H30N2O3/c22-12-18(1-2-18)11-21-17(24)10-20-16(23)9-19-6-13-3-14(7-19)5-15(4-13)8-19/h13-15,22H,1-12H2,(H,20,23)(H,21,24). The molecule has 2 amide bonds. The van der Waals surface area contributed by atoms with E-state index in [1.807, 2.05) is 0 Å². The molecule has 0 unspecified atom stereocenters. The van der Waals surface area contributed by atoms with Crippen LogP contribution in [0.15, 0.2) is 0 Å². The first-order valence-corrected chi connectivity index (χ1v) is 9.64. The molecule has 0 aliphatic heterocycles. The Morgan fingerprint density at radius 1 is 0.917 bits per heavy atom. The molecule has 24 heavy (non-hydrogen) atoms. The molecule has 5 nitrogen and oxygen atoms in total. The number of aliphatic hydroxyl groups is 1. The minimum Gasteiger partial charge on any atom is -0.396 e. The second kappa shape index (κ2) is 6.01. The van der Waals surface area contributed by atoms with E-state index in [1.54, 1.807) is 0 Å². The lowest BCUT2D eigenvalue weighted by atomic mass is 9.49. The fourth-order valence-corrected chi connectivity index (χ4v) is 6.00. The monoisotopic (exact) mass is 334 g/mol. The van der Waals surface area contributed by atoms with Gasteiger partial charge >= 0.3 is 0 Å². The van der Waals surface area contributed by atoms with E-state index in [4.69, 9.17) is 0 Å². The number of nitrogens with one attached hydrogen (secondary N) is 2. The van der Waals surface area contributed by atoms with Crippen molar-refractivity contribution in [1.82, 2.24) is 10.6 Å². The Balaban J connectivity index is 1.22. The molecule has 3 N–H and O–H groups in total. The molecule has 5 rings (SSSR count). The summed E-state index contributed by atoms with van der Waals surface area (Å²) in [6, 6.07) is 0. The second-order valence-corrected chi connectivity index (χ2v) is 9.31. The quantitative estimate of drug-likeness (QED) is 0.662. The van der Waals surface area contributed by atoms with Crippen LogP contribution in [0.2, 0.25) is 0 Å². The van der Waals surface area contributed by atoms with Gasteiger partial charge in [0, 0.05) is 18.4 Å². The van der Waals surface area contributed by atoms with E-state index in [9.17, 15) is 14.7 Å². The molecule has 0 saturated heterocycles. The van der Waals surface area contributed by atoms with Crippen molar-refractivity contribution >= 4 is 11.8 Å². The Hall–Kier alpha value is -1.10. The van der Waals surface area contributed by atoms with Gasteiger partial charge in [-0.25, -0.2) is 0 Å². The molecule has 5 aliphatic carbocycles. The highest BCUT2D eigenvalue weighted by Crippen LogP contribution is 2.61. The van der Waals surface area contributed by atoms with Gasteiger partial charge < -0.3 is 15.7 Å². The molecule has 134 valence electrons. The summed E-state index contributed by atoms with van der Waals surface area (Å²) in [6.45, 7) is 0.714. The number of aliphatic hydroxyl groups excluding tert-OH is 1. The normalized spacial score (nSPS) is 38.0. The van der Waals surface area contributed by atoms with Gasteiger partial charge in [-0.1, -0.05) is 0 Å². The smallest absolute Gasteiger partial charge is 0.239 e. The van der Waals surface area contributed by atoms with Gasteiger partial charge in [-0.15, -0.1) is 0 Å². The van der Waals surface area contributed by atoms with Crippen molar-refractivity contribution in [3.63, 3.8) is 0 Å². The van der Waals surface area contributed by atoms with Gasteiger partial charge in [0.1, 0.15) is 0 Å². The summed E-state index contributed by atoms with van der Waals surface area (Å²) in [6.07, 6.45) is 10.4. The van der Waals surface area contributed by atoms with Crippen LogP contribution in [-0.4, -0.2) is 36.6 Å². The Bertz CT molecular complexity index is 491. The van der Waals surface area contributed by atoms with Crippen LogP contribution in [0.25, 0.3) is 0 Å². The number of hydrogen-bond donors (Lipinski definition) is 3. The van der Waals surface area contributed by atoms with Gasteiger partial charge in [0.05, 0.1) is 13.2 Å². The van der Waals surface area contributed by atoms with Crippen molar-refractivity contribution in [3.05, 3.63) is 0 Å². The van der Waals surface area contributed by atoms with Gasteiger partial charge in [0.25, 0.3) is 0 Å². The number of amides is 2. The first-order chi connectivity index (χ1) is 11.5. The molecule has 5 fully saturated rings. The topological polar surface area (TPSA) is 78.4 Å². The third kappa shape index (κ3) is 3.32. The summed E-state index contributed by atoms with van der Waals surface area (Å²) in [5.74, 6) is 2.44. The molecule has 0 aromatic heterocycles. The van der Waals surface area contributed by atoms with Crippen LogP contribution in [0, 0.1) is 28.6 Å². The zero-order valence-corrected chi connectivity index (χ0v) is 14.5. The number of hydrogen-bond acceptors (Lipinski definition) is 3. The van der Waals surface area contributed by atoms with Gasteiger partial charge in [-0.3, -0.25) is 9.59 Å². The molecule has 0 atom stereocenters. The summed E-state index contributed by atoms with van der Waals surface area (Å²) >= 11 is 0. The van der Waals surface area contributed by atoms with Crippen molar-refractivity contribution in [2.45, 2.75) is 57.8 Å². The van der Waals surface area contributed by atoms with Crippen LogP contribution in [0.5, 0.6) is 0 Å². The van der Waals surface area contributed by atoms with E-state index in [-0.39, 0.29) is 35.8 Å². The Labute approximate surface area is 144 Å². The summed E-state index contributed by atoms with van der Waals surface area (Å²) in [4.78, 5) is 24.3. The molecule has 0 aromatic rings. The van der Waals surface area contributed by atoms with Crippen LogP contribution >= 0.6 is 0 Å². The zero-order valence-electron chi connectivity index (χ0n) is 14.5. The third-order valence-corrected chi connectivity index (χ3v) is 7.10. The second-order valence-electron chi connectivity index (χ2n) is 9.31. The molecule has 5 aliphatic rings. The molecule has 5 saturated carbocycles. The highest BCUT2D eigenvalue weighted by Gasteiger charge is 2.51. The van der Waals surface area contributed by atoms with Gasteiger partial charge in [0.15, 0.2) is 0 Å². The van der Waals surface area contributed by atoms with Gasteiger partial charge in [-0.05, 0) is 74.5 Å². The van der Waals surface area contributed by atoms with E-state index in [2.05, 4.69) is 10.6 Å². The van der Waals surface area contributed by atoms with E-state index >= 15 is 0 Å². The summed E-state index contributed by atoms with van der Waals surface area (Å²) in [7, 11) is 0. The van der Waals surface area contributed by atoms with Crippen molar-refractivity contribution in [2.24, 2.45) is 28.6 Å². The first-order valence-electron chi connectivity index (χ1n) is 9.64. The van der Waals surface area contributed by atoms with E-state index in [1.165, 1.54) is 38.5 Å². The van der Waals surface area contributed by atoms with E-state index in [0.717, 1.165) is 30.6 Å². The molecule has 0 radical (unpaired) electrons. The third-order valence-electron chi connectivity index (χ3n) is 7.10. The van der Waals surface area contributed by atoms with Crippen molar-refractivity contribution in [2.75, 3.05) is 19.7 Å². The Morgan fingerprint density at radius 2 is 1.50 bits per heavy atom. The van der Waals surface area contributed by atoms with Gasteiger partial charge in [0.2, 0.25) is 11.8 Å². The predicted octanol–water partition coefficient (Wildman–Crippen LogP) is 1.60. The molecular weight excluding hydrogens is 304 g/mol. The lowest BCUT2D eigenvalue weighted by Crippen LogP contribution is -2.48. The van der Waals surface area contributed by atoms with Crippen LogP contribution in [0.3, 0.4) is 0 Å². The molecule has 0 aromatic carbocycles. The highest BCUT2D eigenvalue weighted by molar-refractivity contribution is 5.85. The number of carbonyl (C=O) groups is 2. The van der Waals surface area contributed by atoms with Gasteiger partial charge in [-0.2, -0.15) is 0 Å². The molecule has 5 heteroatoms. The van der Waals surface area contributed by atoms with E-state index in [0.29, 0.717) is 13.0 Å². The summed E-state index contributed by atoms with van der Waals surface area (Å²) < 4.78 is 0. The molecular formula is C19H30N2O3. The SMILES string of the molecule is O=C(CNC(=O)CC12CC3CC(CC(C3)C1)C2)NCC1(CO)CC1. The Morgan fingerprint density at radius 3 is 2.00 bits per heavy atom. The molecule has 0 spiro atoms. The number of carbonyl (C=O) groups excluding carboxylic acids is 2. The van der Waals surface area contributed by atoms with Crippen molar-refractivity contribution in [1.29, 1.82) is 0 Å². The largest absolute Gasteiger partial charge is 0.396 e. The Kier molecular flexibility index (Phi) is 4.10. The average molecular weight is 334 g/mol. The average Bonchev–Trinajstić information content (AvgIpc) is 3.30. The number of rotatable bonds is 7. The van der Waals surface area contributed by atoms with Crippen molar-refractivity contribution < 1.29 is 14.7 Å².